The molecule has 0 amide bonds. The fourth-order valence-corrected chi connectivity index (χ4v) is 16.0. The second-order valence-electron chi connectivity index (χ2n) is 19.6. The predicted octanol–water partition coefficient (Wildman–Crippen LogP) is 9.20. The SMILES string of the molecule is CC1(C)c2ccccc2N(c2ccc(B3c4ccccc4P4(=O)c5ccccc5B(c5ccc(N6c7ccccc7C(C)(C)c7ccccc76)cc5)c5cccc3c54)cc2)c2ccccc21. The zero-order chi connectivity index (χ0) is 44.5. The molecule has 9 aromatic carbocycles. The normalized spacial score (nSPS) is 16.2. The second-order valence-corrected chi connectivity index (χ2v) is 22.2. The number of fused-ring (bicyclic) bond motifs is 8. The first kappa shape index (κ1) is 39.3. The van der Waals surface area contributed by atoms with Crippen LogP contribution in [-0.2, 0) is 15.4 Å². The highest BCUT2D eigenvalue weighted by atomic mass is 31.2. The van der Waals surface area contributed by atoms with Gasteiger partial charge in [-0.25, -0.2) is 0 Å². The Bertz CT molecular complexity index is 3180. The third-order valence-electron chi connectivity index (χ3n) is 15.5. The fraction of sp³-hybridized carbons (Fsp3) is 0.100. The van der Waals surface area contributed by atoms with Crippen molar-refractivity contribution in [3.63, 3.8) is 0 Å². The van der Waals surface area contributed by atoms with E-state index in [1.165, 1.54) is 55.9 Å². The number of para-hydroxylation sites is 4. The smallest absolute Gasteiger partial charge is 0.243 e. The molecule has 0 saturated carbocycles. The summed E-state index contributed by atoms with van der Waals surface area (Å²) in [6, 6.07) is 77.5. The molecule has 314 valence electrons. The first-order chi connectivity index (χ1) is 32.2. The van der Waals surface area contributed by atoms with Crippen LogP contribution in [-0.4, -0.2) is 13.4 Å². The van der Waals surface area contributed by atoms with Crippen LogP contribution >= 0.6 is 7.14 Å². The van der Waals surface area contributed by atoms with Crippen molar-refractivity contribution in [2.45, 2.75) is 38.5 Å². The number of rotatable bonds is 4. The number of benzene rings is 9. The van der Waals surface area contributed by atoms with Crippen molar-refractivity contribution in [1.29, 1.82) is 0 Å². The van der Waals surface area contributed by atoms with E-state index in [0.717, 1.165) is 49.1 Å². The molecule has 0 spiro atoms. The summed E-state index contributed by atoms with van der Waals surface area (Å²) >= 11 is 0. The lowest BCUT2D eigenvalue weighted by Crippen LogP contribution is -2.74. The van der Waals surface area contributed by atoms with Crippen molar-refractivity contribution >= 4 is 103 Å². The molecule has 0 fully saturated rings. The summed E-state index contributed by atoms with van der Waals surface area (Å²) in [6.07, 6.45) is 0. The van der Waals surface area contributed by atoms with Crippen LogP contribution in [0.25, 0.3) is 0 Å². The quantitative estimate of drug-likeness (QED) is 0.130. The lowest BCUT2D eigenvalue weighted by molar-refractivity contribution is 0.592. The predicted molar refractivity (Wildman–Crippen MR) is 282 cm³/mol. The van der Waals surface area contributed by atoms with Gasteiger partial charge < -0.3 is 14.4 Å². The Labute approximate surface area is 389 Å². The van der Waals surface area contributed by atoms with Crippen LogP contribution in [0.2, 0.25) is 0 Å². The standard InChI is InChI=1S/C60H47B2N2OP/c1-59(2)44-18-5-11-26-52(44)63(53-27-12-6-19-45(53)59)42-36-32-40(33-37-42)61-48-22-9-15-30-56(48)66(65)57-31-16-10-23-49(57)62(51-25-17-24-50(61)58(51)66)41-34-38-43(39-35-41)64-54-28-13-7-20-46(54)60(3,4)47-21-8-14-29-55(47)64/h5-39H,1-4H3. The molecule has 66 heavy (non-hydrogen) atoms. The van der Waals surface area contributed by atoms with Gasteiger partial charge in [0.15, 0.2) is 7.14 Å². The maximum Gasteiger partial charge on any atom is 0.243 e. The van der Waals surface area contributed by atoms with E-state index in [2.05, 4.69) is 250 Å². The minimum absolute atomic E-state index is 0.0936. The van der Waals surface area contributed by atoms with E-state index in [4.69, 9.17) is 0 Å². The van der Waals surface area contributed by atoms with Crippen LogP contribution in [0.3, 0.4) is 0 Å². The molecule has 0 aliphatic carbocycles. The molecule has 13 rings (SSSR count). The first-order valence-corrected chi connectivity index (χ1v) is 25.0. The Morgan fingerprint density at radius 1 is 0.348 bits per heavy atom. The largest absolute Gasteiger partial charge is 0.310 e. The average molecular weight is 865 g/mol. The van der Waals surface area contributed by atoms with Gasteiger partial charge in [0.2, 0.25) is 13.4 Å². The van der Waals surface area contributed by atoms with Gasteiger partial charge in [0.1, 0.15) is 0 Å². The zero-order valence-electron chi connectivity index (χ0n) is 37.6. The van der Waals surface area contributed by atoms with Gasteiger partial charge in [-0.2, -0.15) is 0 Å². The van der Waals surface area contributed by atoms with Crippen LogP contribution in [0.15, 0.2) is 212 Å². The molecule has 0 unspecified atom stereocenters. The Morgan fingerprint density at radius 3 is 1.02 bits per heavy atom. The monoisotopic (exact) mass is 864 g/mol. The molecule has 0 radical (unpaired) electrons. The molecule has 0 atom stereocenters. The van der Waals surface area contributed by atoms with Crippen LogP contribution in [0, 0.1) is 0 Å². The molecule has 0 bridgehead atoms. The van der Waals surface area contributed by atoms with Crippen molar-refractivity contribution in [2.75, 3.05) is 9.80 Å². The Balaban J connectivity index is 0.944. The van der Waals surface area contributed by atoms with Crippen LogP contribution in [0.1, 0.15) is 49.9 Å². The number of hydrogen-bond donors (Lipinski definition) is 0. The highest BCUT2D eigenvalue weighted by Gasteiger charge is 2.50. The van der Waals surface area contributed by atoms with E-state index in [1.54, 1.807) is 0 Å². The molecule has 4 aliphatic rings. The summed E-state index contributed by atoms with van der Waals surface area (Å²) in [7, 11) is -3.28. The van der Waals surface area contributed by atoms with Gasteiger partial charge in [-0.15, -0.1) is 0 Å². The van der Waals surface area contributed by atoms with Crippen molar-refractivity contribution in [2.24, 2.45) is 0 Å². The van der Waals surface area contributed by atoms with E-state index in [0.29, 0.717) is 0 Å². The minimum Gasteiger partial charge on any atom is -0.310 e. The number of anilines is 6. The molecule has 0 aromatic heterocycles. The first-order valence-electron chi connectivity index (χ1n) is 23.3. The maximum absolute atomic E-state index is 16.6. The Hall–Kier alpha value is -7.06. The topological polar surface area (TPSA) is 23.6 Å². The van der Waals surface area contributed by atoms with Crippen molar-refractivity contribution in [3.8, 4) is 0 Å². The van der Waals surface area contributed by atoms with E-state index in [-0.39, 0.29) is 24.3 Å². The average Bonchev–Trinajstić information content (AvgIpc) is 3.35. The highest BCUT2D eigenvalue weighted by Crippen LogP contribution is 2.53. The lowest BCUT2D eigenvalue weighted by Gasteiger charge is -2.42. The van der Waals surface area contributed by atoms with Crippen molar-refractivity contribution in [1.82, 2.24) is 0 Å². The molecule has 4 heterocycles. The molecule has 9 aromatic rings. The Kier molecular flexibility index (Phi) is 8.47. The summed E-state index contributed by atoms with van der Waals surface area (Å²) in [5, 5.41) is 2.91. The van der Waals surface area contributed by atoms with Crippen LogP contribution in [0.5, 0.6) is 0 Å². The van der Waals surface area contributed by atoms with Crippen molar-refractivity contribution < 1.29 is 4.57 Å². The van der Waals surface area contributed by atoms with Crippen LogP contribution < -0.4 is 58.5 Å². The molecule has 0 N–H and O–H groups in total. The summed E-state index contributed by atoms with van der Waals surface area (Å²) in [5.41, 5.74) is 19.0. The summed E-state index contributed by atoms with van der Waals surface area (Å²) in [6.45, 7) is 9.14. The molecular formula is C60H47B2N2OP. The van der Waals surface area contributed by atoms with Gasteiger partial charge >= 0.3 is 0 Å². The molecule has 0 saturated heterocycles. The second kappa shape index (κ2) is 14.2. The van der Waals surface area contributed by atoms with Gasteiger partial charge in [-0.3, -0.25) is 0 Å². The van der Waals surface area contributed by atoms with E-state index >= 15 is 4.57 Å². The molecular weight excluding hydrogens is 817 g/mol. The van der Waals surface area contributed by atoms with E-state index in [1.807, 2.05) is 0 Å². The van der Waals surface area contributed by atoms with E-state index in [9.17, 15) is 0 Å². The maximum atomic E-state index is 16.6. The third-order valence-corrected chi connectivity index (χ3v) is 18.8. The van der Waals surface area contributed by atoms with Crippen LogP contribution in [0.4, 0.5) is 34.1 Å². The summed E-state index contributed by atoms with van der Waals surface area (Å²) < 4.78 is 16.6. The van der Waals surface area contributed by atoms with E-state index < -0.39 is 7.14 Å². The Morgan fingerprint density at radius 2 is 0.652 bits per heavy atom. The van der Waals surface area contributed by atoms with Crippen molar-refractivity contribution in [3.05, 3.63) is 235 Å². The fourth-order valence-electron chi connectivity index (χ4n) is 12.4. The molecule has 6 heteroatoms. The zero-order valence-corrected chi connectivity index (χ0v) is 38.5. The summed E-state index contributed by atoms with van der Waals surface area (Å²) in [4.78, 5) is 4.84. The minimum atomic E-state index is -3.28. The molecule has 3 nitrogen and oxygen atoms in total. The number of hydrogen-bond acceptors (Lipinski definition) is 3. The van der Waals surface area contributed by atoms with Gasteiger partial charge in [0, 0.05) is 38.1 Å². The van der Waals surface area contributed by atoms with Gasteiger partial charge in [0.25, 0.3) is 0 Å². The van der Waals surface area contributed by atoms with Gasteiger partial charge in [0.05, 0.1) is 22.7 Å². The van der Waals surface area contributed by atoms with Gasteiger partial charge in [-0.1, -0.05) is 224 Å². The van der Waals surface area contributed by atoms with Gasteiger partial charge in [-0.05, 0) is 70.8 Å². The lowest BCUT2D eigenvalue weighted by atomic mass is 9.33. The number of nitrogens with zero attached hydrogens (tertiary/aromatic N) is 2. The summed E-state index contributed by atoms with van der Waals surface area (Å²) in [5.74, 6) is 0. The highest BCUT2D eigenvalue weighted by molar-refractivity contribution is 7.88. The molecule has 4 aliphatic heterocycles. The third kappa shape index (κ3) is 5.32.